The van der Waals surface area contributed by atoms with Crippen molar-refractivity contribution < 1.29 is 4.74 Å². The molecule has 0 spiro atoms. The van der Waals surface area contributed by atoms with Gasteiger partial charge >= 0.3 is 0 Å². The van der Waals surface area contributed by atoms with E-state index in [9.17, 15) is 0 Å². The third-order valence-corrected chi connectivity index (χ3v) is 4.40. The van der Waals surface area contributed by atoms with Gasteiger partial charge in [-0.25, -0.2) is 0 Å². The van der Waals surface area contributed by atoms with Gasteiger partial charge in [0.2, 0.25) is 0 Å². The average Bonchev–Trinajstić information content (AvgIpc) is 2.70. The largest absolute Gasteiger partial charge is 0.377 e. The number of rotatable bonds is 3. The lowest BCUT2D eigenvalue weighted by atomic mass is 10.0. The Morgan fingerprint density at radius 1 is 1.17 bits per heavy atom. The zero-order valence-electron chi connectivity index (χ0n) is 12.2. The van der Waals surface area contributed by atoms with E-state index < -0.39 is 0 Å². The minimum absolute atomic E-state index is 0.401. The molecular formula is C15H30N2O. The lowest BCUT2D eigenvalue weighted by Crippen LogP contribution is -2.51. The van der Waals surface area contributed by atoms with E-state index in [1.165, 1.54) is 45.1 Å². The summed E-state index contributed by atoms with van der Waals surface area (Å²) >= 11 is 0. The van der Waals surface area contributed by atoms with Gasteiger partial charge in [-0.15, -0.1) is 0 Å². The molecule has 0 aromatic carbocycles. The predicted octanol–water partition coefficient (Wildman–Crippen LogP) is 2.41. The Balaban J connectivity index is 2.00. The lowest BCUT2D eigenvalue weighted by Gasteiger charge is -2.36. The van der Waals surface area contributed by atoms with Crippen LogP contribution in [-0.2, 0) is 4.74 Å². The van der Waals surface area contributed by atoms with E-state index in [0.29, 0.717) is 12.1 Å². The van der Waals surface area contributed by atoms with Crippen LogP contribution in [0.5, 0.6) is 0 Å². The molecule has 3 atom stereocenters. The molecule has 1 aliphatic heterocycles. The second-order valence-electron chi connectivity index (χ2n) is 5.90. The first-order chi connectivity index (χ1) is 8.81. The molecule has 0 amide bonds. The van der Waals surface area contributed by atoms with Crippen molar-refractivity contribution in [2.24, 2.45) is 0 Å². The van der Waals surface area contributed by atoms with Crippen LogP contribution in [0.3, 0.4) is 0 Å². The molecule has 1 aliphatic carbocycles. The molecule has 0 radical (unpaired) electrons. The van der Waals surface area contributed by atoms with E-state index in [-0.39, 0.29) is 0 Å². The summed E-state index contributed by atoms with van der Waals surface area (Å²) in [6.07, 6.45) is 8.52. The van der Waals surface area contributed by atoms with Gasteiger partial charge < -0.3 is 10.1 Å². The van der Waals surface area contributed by atoms with Crippen LogP contribution in [0.1, 0.15) is 52.4 Å². The van der Waals surface area contributed by atoms with E-state index in [2.05, 4.69) is 24.1 Å². The summed E-state index contributed by atoms with van der Waals surface area (Å²) in [5, 5.41) is 3.72. The summed E-state index contributed by atoms with van der Waals surface area (Å²) in [6, 6.07) is 1.43. The van der Waals surface area contributed by atoms with Crippen LogP contribution in [0.4, 0.5) is 0 Å². The molecule has 0 aromatic heterocycles. The van der Waals surface area contributed by atoms with Crippen molar-refractivity contribution in [2.45, 2.75) is 70.6 Å². The van der Waals surface area contributed by atoms with Crippen LogP contribution >= 0.6 is 0 Å². The topological polar surface area (TPSA) is 24.5 Å². The maximum Gasteiger partial charge on any atom is 0.0674 e. The van der Waals surface area contributed by atoms with E-state index >= 15 is 0 Å². The fourth-order valence-electron chi connectivity index (χ4n) is 3.55. The lowest BCUT2D eigenvalue weighted by molar-refractivity contribution is 0.0551. The van der Waals surface area contributed by atoms with Crippen LogP contribution in [0, 0.1) is 0 Å². The molecule has 1 heterocycles. The minimum Gasteiger partial charge on any atom is -0.377 e. The third kappa shape index (κ3) is 3.94. The first-order valence-electron chi connectivity index (χ1n) is 7.90. The molecule has 2 aliphatic rings. The molecule has 3 unspecified atom stereocenters. The number of ether oxygens (including phenoxy) is 1. The van der Waals surface area contributed by atoms with Crippen LogP contribution in [0.25, 0.3) is 0 Å². The third-order valence-electron chi connectivity index (χ3n) is 4.40. The molecular weight excluding hydrogens is 224 g/mol. The molecule has 2 rings (SSSR count). The fourth-order valence-corrected chi connectivity index (χ4v) is 3.55. The highest BCUT2D eigenvalue weighted by atomic mass is 16.5. The smallest absolute Gasteiger partial charge is 0.0674 e. The summed E-state index contributed by atoms with van der Waals surface area (Å²) in [7, 11) is 0. The van der Waals surface area contributed by atoms with Crippen molar-refractivity contribution in [3.05, 3.63) is 0 Å². The molecule has 106 valence electrons. The maximum absolute atomic E-state index is 5.79. The van der Waals surface area contributed by atoms with Crippen LogP contribution in [0.15, 0.2) is 0 Å². The van der Waals surface area contributed by atoms with E-state index in [1.54, 1.807) is 0 Å². The number of nitrogens with zero attached hydrogens (tertiary/aromatic N) is 1. The van der Waals surface area contributed by atoms with Crippen molar-refractivity contribution in [1.82, 2.24) is 10.2 Å². The molecule has 0 aromatic rings. The van der Waals surface area contributed by atoms with Gasteiger partial charge in [0, 0.05) is 31.8 Å². The Morgan fingerprint density at radius 2 is 2.00 bits per heavy atom. The van der Waals surface area contributed by atoms with E-state index in [4.69, 9.17) is 4.74 Å². The number of likely N-dealkylation sites (N-methyl/N-ethyl adjacent to an activating group) is 1. The number of hydrogen-bond donors (Lipinski definition) is 1. The van der Waals surface area contributed by atoms with Gasteiger partial charge in [-0.05, 0) is 32.7 Å². The maximum atomic E-state index is 5.79. The van der Waals surface area contributed by atoms with Crippen molar-refractivity contribution in [1.29, 1.82) is 0 Å². The van der Waals surface area contributed by atoms with Crippen molar-refractivity contribution in [3.8, 4) is 0 Å². The Morgan fingerprint density at radius 3 is 2.83 bits per heavy atom. The molecule has 3 nitrogen and oxygen atoms in total. The van der Waals surface area contributed by atoms with Gasteiger partial charge in [0.05, 0.1) is 6.10 Å². The monoisotopic (exact) mass is 254 g/mol. The minimum atomic E-state index is 0.401. The standard InChI is InChI=1S/C15H30N2O/c1-3-16-14-8-5-4-6-9-15(14)17-10-7-11-18-13(2)12-17/h13-16H,3-12H2,1-2H3. The first kappa shape index (κ1) is 14.3. The van der Waals surface area contributed by atoms with Crippen LogP contribution in [0.2, 0.25) is 0 Å². The molecule has 1 N–H and O–H groups in total. The van der Waals surface area contributed by atoms with Gasteiger partial charge in [0.1, 0.15) is 0 Å². The van der Waals surface area contributed by atoms with E-state index in [0.717, 1.165) is 25.7 Å². The molecule has 18 heavy (non-hydrogen) atoms. The van der Waals surface area contributed by atoms with E-state index in [1.807, 2.05) is 0 Å². The second kappa shape index (κ2) is 7.46. The van der Waals surface area contributed by atoms with Crippen molar-refractivity contribution >= 4 is 0 Å². The SMILES string of the molecule is CCNC1CCCCCC1N1CCCOC(C)C1. The number of nitrogens with one attached hydrogen (secondary N) is 1. The Bertz CT molecular complexity index is 235. The van der Waals surface area contributed by atoms with Gasteiger partial charge in [-0.1, -0.05) is 26.2 Å². The summed E-state index contributed by atoms with van der Waals surface area (Å²) in [5.74, 6) is 0. The van der Waals surface area contributed by atoms with Gasteiger partial charge in [-0.2, -0.15) is 0 Å². The zero-order chi connectivity index (χ0) is 12.8. The highest BCUT2D eigenvalue weighted by molar-refractivity contribution is 4.88. The molecule has 0 bridgehead atoms. The molecule has 3 heteroatoms. The fraction of sp³-hybridized carbons (Fsp3) is 1.00. The normalized spacial score (nSPS) is 36.0. The predicted molar refractivity (Wildman–Crippen MR) is 75.9 cm³/mol. The Labute approximate surface area is 112 Å². The summed E-state index contributed by atoms with van der Waals surface area (Å²) in [4.78, 5) is 2.70. The highest BCUT2D eigenvalue weighted by Crippen LogP contribution is 2.24. The molecule has 1 saturated carbocycles. The molecule has 2 fully saturated rings. The quantitative estimate of drug-likeness (QED) is 0.783. The van der Waals surface area contributed by atoms with Gasteiger partial charge in [0.25, 0.3) is 0 Å². The van der Waals surface area contributed by atoms with Crippen LogP contribution in [-0.4, -0.2) is 49.3 Å². The average molecular weight is 254 g/mol. The first-order valence-corrected chi connectivity index (χ1v) is 7.90. The Hall–Kier alpha value is -0.120. The number of hydrogen-bond acceptors (Lipinski definition) is 3. The highest BCUT2D eigenvalue weighted by Gasteiger charge is 2.30. The Kier molecular flexibility index (Phi) is 5.93. The van der Waals surface area contributed by atoms with Crippen molar-refractivity contribution in [3.63, 3.8) is 0 Å². The van der Waals surface area contributed by atoms with Gasteiger partial charge in [-0.3, -0.25) is 4.90 Å². The van der Waals surface area contributed by atoms with Crippen molar-refractivity contribution in [2.75, 3.05) is 26.2 Å². The van der Waals surface area contributed by atoms with Crippen LogP contribution < -0.4 is 5.32 Å². The second-order valence-corrected chi connectivity index (χ2v) is 5.90. The molecule has 1 saturated heterocycles. The summed E-state index contributed by atoms with van der Waals surface area (Å²) < 4.78 is 5.79. The zero-order valence-corrected chi connectivity index (χ0v) is 12.2. The summed E-state index contributed by atoms with van der Waals surface area (Å²) in [6.45, 7) is 8.83. The summed E-state index contributed by atoms with van der Waals surface area (Å²) in [5.41, 5.74) is 0. The van der Waals surface area contributed by atoms with Gasteiger partial charge in [0.15, 0.2) is 0 Å².